The highest BCUT2D eigenvalue weighted by molar-refractivity contribution is 6.30. The van der Waals surface area contributed by atoms with Gasteiger partial charge in [-0.25, -0.2) is 0 Å². The molecule has 0 spiro atoms. The van der Waals surface area contributed by atoms with Crippen molar-refractivity contribution < 1.29 is 19.2 Å². The molecule has 0 atom stereocenters. The predicted molar refractivity (Wildman–Crippen MR) is 115 cm³/mol. The Bertz CT molecular complexity index is 1320. The van der Waals surface area contributed by atoms with Crippen LogP contribution >= 0.6 is 11.6 Å². The maximum absolute atomic E-state index is 12.6. The summed E-state index contributed by atoms with van der Waals surface area (Å²) in [4.78, 5) is 23.3. The lowest BCUT2D eigenvalue weighted by molar-refractivity contribution is -0.385. The Morgan fingerprint density at radius 1 is 1.12 bits per heavy atom. The van der Waals surface area contributed by atoms with Crippen LogP contribution in [0.1, 0.15) is 16.2 Å². The molecule has 4 aromatic rings. The average molecular weight is 454 g/mol. The molecule has 32 heavy (non-hydrogen) atoms. The summed E-state index contributed by atoms with van der Waals surface area (Å²) in [5, 5.41) is 22.4. The monoisotopic (exact) mass is 453 g/mol. The van der Waals surface area contributed by atoms with Crippen molar-refractivity contribution in [2.24, 2.45) is 0 Å². The maximum atomic E-state index is 12.6. The molecule has 1 N–H and O–H groups in total. The number of hydrogen-bond donors (Lipinski definition) is 1. The fourth-order valence-corrected chi connectivity index (χ4v) is 3.17. The summed E-state index contributed by atoms with van der Waals surface area (Å²) in [7, 11) is 1.41. The Balaban J connectivity index is 1.52. The van der Waals surface area contributed by atoms with Crippen molar-refractivity contribution in [2.75, 3.05) is 7.11 Å². The number of nitro groups is 1. The molecule has 0 unspecified atom stereocenters. The van der Waals surface area contributed by atoms with E-state index in [0.717, 1.165) is 0 Å². The van der Waals surface area contributed by atoms with Gasteiger partial charge in [0.1, 0.15) is 0 Å². The zero-order valence-electron chi connectivity index (χ0n) is 16.7. The van der Waals surface area contributed by atoms with Crippen LogP contribution in [0.15, 0.2) is 60.8 Å². The molecule has 0 aliphatic rings. The van der Waals surface area contributed by atoms with Crippen LogP contribution in [0.5, 0.6) is 17.2 Å². The van der Waals surface area contributed by atoms with Crippen molar-refractivity contribution in [3.05, 3.63) is 87.3 Å². The summed E-state index contributed by atoms with van der Waals surface area (Å²) in [6, 6.07) is 14.1. The SMILES string of the molecule is COc1cc(C(=O)NCc2nnc3ccccn23)ccc1Oc1ccc(Cl)cc1[N+](=O)[O-]. The molecule has 0 radical (unpaired) electrons. The molecule has 0 saturated heterocycles. The van der Waals surface area contributed by atoms with Gasteiger partial charge in [0.05, 0.1) is 18.6 Å². The molecule has 0 saturated carbocycles. The normalized spacial score (nSPS) is 10.7. The molecule has 0 aliphatic carbocycles. The summed E-state index contributed by atoms with van der Waals surface area (Å²) >= 11 is 5.84. The van der Waals surface area contributed by atoms with Gasteiger partial charge in [0.2, 0.25) is 5.75 Å². The molecule has 2 aromatic carbocycles. The second kappa shape index (κ2) is 8.90. The summed E-state index contributed by atoms with van der Waals surface area (Å²) in [5.74, 6) is 0.650. The fourth-order valence-electron chi connectivity index (χ4n) is 3.00. The molecule has 2 aromatic heterocycles. The molecule has 0 aliphatic heterocycles. The fraction of sp³-hybridized carbons (Fsp3) is 0.0952. The van der Waals surface area contributed by atoms with Gasteiger partial charge < -0.3 is 14.8 Å². The quantitative estimate of drug-likeness (QED) is 0.331. The molecule has 10 nitrogen and oxygen atoms in total. The average Bonchev–Trinajstić information content (AvgIpc) is 3.21. The number of carbonyl (C=O) groups excluding carboxylic acids is 1. The number of carbonyl (C=O) groups is 1. The first kappa shape index (κ1) is 21.1. The number of hydrogen-bond acceptors (Lipinski definition) is 7. The van der Waals surface area contributed by atoms with Gasteiger partial charge in [0.15, 0.2) is 23.0 Å². The van der Waals surface area contributed by atoms with Gasteiger partial charge in [-0.1, -0.05) is 17.7 Å². The molecule has 0 fully saturated rings. The maximum Gasteiger partial charge on any atom is 0.313 e. The van der Waals surface area contributed by atoms with E-state index < -0.39 is 4.92 Å². The first-order valence-electron chi connectivity index (χ1n) is 9.33. The minimum Gasteiger partial charge on any atom is -0.493 e. The first-order valence-corrected chi connectivity index (χ1v) is 9.70. The van der Waals surface area contributed by atoms with E-state index in [1.54, 1.807) is 4.40 Å². The Labute approximate surface area is 186 Å². The Hall–Kier alpha value is -4.18. The van der Waals surface area contributed by atoms with Crippen molar-refractivity contribution in [2.45, 2.75) is 6.54 Å². The number of nitrogens with zero attached hydrogens (tertiary/aromatic N) is 4. The van der Waals surface area contributed by atoms with Crippen molar-refractivity contribution in [3.63, 3.8) is 0 Å². The van der Waals surface area contributed by atoms with E-state index in [1.807, 2.05) is 24.4 Å². The van der Waals surface area contributed by atoms with Gasteiger partial charge in [0, 0.05) is 22.8 Å². The van der Waals surface area contributed by atoms with E-state index in [0.29, 0.717) is 17.0 Å². The number of amides is 1. The highest BCUT2D eigenvalue weighted by atomic mass is 35.5. The van der Waals surface area contributed by atoms with Crippen molar-refractivity contribution in [1.29, 1.82) is 0 Å². The van der Waals surface area contributed by atoms with Gasteiger partial charge in [-0.15, -0.1) is 10.2 Å². The number of rotatable bonds is 7. The lowest BCUT2D eigenvalue weighted by Gasteiger charge is -2.12. The summed E-state index contributed by atoms with van der Waals surface area (Å²) in [6.07, 6.45) is 1.81. The van der Waals surface area contributed by atoms with Crippen LogP contribution in [0, 0.1) is 10.1 Å². The molecule has 11 heteroatoms. The number of nitro benzene ring substituents is 1. The number of benzene rings is 2. The summed E-state index contributed by atoms with van der Waals surface area (Å²) < 4.78 is 12.8. The lowest BCUT2D eigenvalue weighted by atomic mass is 10.2. The number of nitrogens with one attached hydrogen (secondary N) is 1. The van der Waals surface area contributed by atoms with Crippen LogP contribution in [0.25, 0.3) is 5.65 Å². The minimum absolute atomic E-state index is 0.00594. The highest BCUT2D eigenvalue weighted by Crippen LogP contribution is 2.37. The number of methoxy groups -OCH3 is 1. The lowest BCUT2D eigenvalue weighted by Crippen LogP contribution is -2.24. The zero-order valence-corrected chi connectivity index (χ0v) is 17.4. The van der Waals surface area contributed by atoms with E-state index in [4.69, 9.17) is 21.1 Å². The van der Waals surface area contributed by atoms with Crippen LogP contribution in [0.3, 0.4) is 0 Å². The van der Waals surface area contributed by atoms with Crippen LogP contribution in [0.4, 0.5) is 5.69 Å². The predicted octanol–water partition coefficient (Wildman–Crippen LogP) is 4.02. The molecule has 2 heterocycles. The first-order chi connectivity index (χ1) is 15.5. The highest BCUT2D eigenvalue weighted by Gasteiger charge is 2.19. The van der Waals surface area contributed by atoms with Gasteiger partial charge >= 0.3 is 5.69 Å². The van der Waals surface area contributed by atoms with Gasteiger partial charge in [0.25, 0.3) is 5.91 Å². The van der Waals surface area contributed by atoms with E-state index in [-0.39, 0.29) is 40.4 Å². The largest absolute Gasteiger partial charge is 0.493 e. The molecule has 162 valence electrons. The molecular weight excluding hydrogens is 438 g/mol. The van der Waals surface area contributed by atoms with Crippen molar-refractivity contribution in [1.82, 2.24) is 19.9 Å². The molecular formula is C21H16ClN5O5. The smallest absolute Gasteiger partial charge is 0.313 e. The third-order valence-corrected chi connectivity index (χ3v) is 4.79. The van der Waals surface area contributed by atoms with Gasteiger partial charge in [-0.2, -0.15) is 0 Å². The van der Waals surface area contributed by atoms with Crippen LogP contribution in [-0.4, -0.2) is 32.5 Å². The Morgan fingerprint density at radius 3 is 2.72 bits per heavy atom. The topological polar surface area (TPSA) is 121 Å². The molecule has 0 bridgehead atoms. The van der Waals surface area contributed by atoms with Crippen LogP contribution in [0.2, 0.25) is 5.02 Å². The van der Waals surface area contributed by atoms with Gasteiger partial charge in [-0.05, 0) is 42.5 Å². The minimum atomic E-state index is -0.594. The summed E-state index contributed by atoms with van der Waals surface area (Å²) in [5.41, 5.74) is 0.701. The second-order valence-corrected chi connectivity index (χ2v) is 7.00. The molecule has 4 rings (SSSR count). The number of fused-ring (bicyclic) bond motifs is 1. The van der Waals surface area contributed by atoms with Gasteiger partial charge in [-0.3, -0.25) is 19.3 Å². The van der Waals surface area contributed by atoms with E-state index in [2.05, 4.69) is 15.5 Å². The summed E-state index contributed by atoms with van der Waals surface area (Å²) in [6.45, 7) is 0.168. The zero-order chi connectivity index (χ0) is 22.7. The van der Waals surface area contributed by atoms with E-state index in [1.165, 1.54) is 43.5 Å². The Morgan fingerprint density at radius 2 is 1.94 bits per heavy atom. The molecule has 1 amide bonds. The second-order valence-electron chi connectivity index (χ2n) is 6.56. The van der Waals surface area contributed by atoms with Crippen LogP contribution < -0.4 is 14.8 Å². The van der Waals surface area contributed by atoms with Crippen molar-refractivity contribution in [3.8, 4) is 17.2 Å². The van der Waals surface area contributed by atoms with E-state index in [9.17, 15) is 14.9 Å². The third kappa shape index (κ3) is 4.30. The third-order valence-electron chi connectivity index (χ3n) is 4.55. The van der Waals surface area contributed by atoms with E-state index >= 15 is 0 Å². The standard InChI is InChI=1S/C21H16ClN5O5/c1-31-18-10-13(21(28)23-12-20-25-24-19-4-2-3-9-26(19)20)5-7-17(18)32-16-8-6-14(22)11-15(16)27(29)30/h2-11H,12H2,1H3,(H,23,28). The number of aromatic nitrogens is 3. The Kier molecular flexibility index (Phi) is 5.86. The number of ether oxygens (including phenoxy) is 2. The van der Waals surface area contributed by atoms with Crippen molar-refractivity contribution >= 4 is 28.8 Å². The number of halogens is 1. The number of pyridine rings is 1. The van der Waals surface area contributed by atoms with Crippen LogP contribution in [-0.2, 0) is 6.54 Å².